The van der Waals surface area contributed by atoms with Gasteiger partial charge in [-0.2, -0.15) is 0 Å². The summed E-state index contributed by atoms with van der Waals surface area (Å²) in [5, 5.41) is 14.4. The number of halogens is 2. The van der Waals surface area contributed by atoms with Crippen molar-refractivity contribution in [2.45, 2.75) is 38.3 Å². The Labute approximate surface area is 150 Å². The summed E-state index contributed by atoms with van der Waals surface area (Å²) >= 11 is 0. The van der Waals surface area contributed by atoms with Crippen LogP contribution in [-0.4, -0.2) is 60.2 Å². The van der Waals surface area contributed by atoms with E-state index in [-0.39, 0.29) is 24.7 Å². The number of hydrogen-bond acceptors (Lipinski definition) is 4. The second-order valence-electron chi connectivity index (χ2n) is 6.10. The standard InChI is InChI=1S/C17H23F2N3O4/c1-2-22(9-16(23)24)13-7-12(8-13)21-17(25)20-11-3-5-14(6-4-11)26-10-15(18)19/h3-6,12-13,15H,2,7-10H2,1H3,(H,23,24)(H2,20,21,25). The molecule has 0 radical (unpaired) electrons. The number of aliphatic carboxylic acids is 1. The average molecular weight is 371 g/mol. The van der Waals surface area contributed by atoms with E-state index in [9.17, 15) is 18.4 Å². The van der Waals surface area contributed by atoms with Crippen LogP contribution in [0.4, 0.5) is 19.3 Å². The van der Waals surface area contributed by atoms with Gasteiger partial charge in [0.2, 0.25) is 0 Å². The number of carboxylic acid groups (broad SMARTS) is 1. The highest BCUT2D eigenvalue weighted by atomic mass is 19.3. The third kappa shape index (κ3) is 6.14. The molecular formula is C17H23F2N3O4. The Morgan fingerprint density at radius 2 is 1.96 bits per heavy atom. The number of alkyl halides is 2. The number of carboxylic acids is 1. The zero-order chi connectivity index (χ0) is 19.1. The van der Waals surface area contributed by atoms with Crippen LogP contribution in [0.3, 0.4) is 0 Å². The Morgan fingerprint density at radius 1 is 1.31 bits per heavy atom. The van der Waals surface area contributed by atoms with Crippen molar-refractivity contribution >= 4 is 17.7 Å². The molecule has 1 saturated carbocycles. The minimum absolute atomic E-state index is 0.0000615. The molecule has 0 atom stereocenters. The summed E-state index contributed by atoms with van der Waals surface area (Å²) in [6.07, 6.45) is -1.13. The smallest absolute Gasteiger partial charge is 0.319 e. The van der Waals surface area contributed by atoms with E-state index in [2.05, 4.69) is 10.6 Å². The number of likely N-dealkylation sites (N-methyl/N-ethyl adjacent to an activating group) is 1. The van der Waals surface area contributed by atoms with Crippen LogP contribution in [-0.2, 0) is 4.79 Å². The minimum atomic E-state index is -2.54. The Bertz CT molecular complexity index is 607. The predicted octanol–water partition coefficient (Wildman–Crippen LogP) is 2.39. The van der Waals surface area contributed by atoms with Gasteiger partial charge in [0.05, 0.1) is 6.54 Å². The summed E-state index contributed by atoms with van der Waals surface area (Å²) < 4.78 is 29.0. The molecule has 144 valence electrons. The Balaban J connectivity index is 1.72. The topological polar surface area (TPSA) is 90.9 Å². The summed E-state index contributed by atoms with van der Waals surface area (Å²) in [6, 6.07) is 5.93. The molecule has 1 fully saturated rings. The minimum Gasteiger partial charge on any atom is -0.488 e. The van der Waals surface area contributed by atoms with Crippen LogP contribution < -0.4 is 15.4 Å². The lowest BCUT2D eigenvalue weighted by Crippen LogP contribution is -2.55. The van der Waals surface area contributed by atoms with Crippen LogP contribution >= 0.6 is 0 Å². The van der Waals surface area contributed by atoms with Crippen LogP contribution in [0.1, 0.15) is 19.8 Å². The van der Waals surface area contributed by atoms with Crippen molar-refractivity contribution in [3.8, 4) is 5.75 Å². The molecule has 26 heavy (non-hydrogen) atoms. The number of hydrogen-bond donors (Lipinski definition) is 3. The first-order valence-corrected chi connectivity index (χ1v) is 8.41. The summed E-state index contributed by atoms with van der Waals surface area (Å²) in [7, 11) is 0. The lowest BCUT2D eigenvalue weighted by Gasteiger charge is -2.42. The number of carbonyl (C=O) groups is 2. The Hall–Kier alpha value is -2.42. The van der Waals surface area contributed by atoms with Crippen molar-refractivity contribution in [1.82, 2.24) is 10.2 Å². The highest BCUT2D eigenvalue weighted by Gasteiger charge is 2.34. The van der Waals surface area contributed by atoms with E-state index in [0.717, 1.165) is 0 Å². The van der Waals surface area contributed by atoms with Crippen molar-refractivity contribution in [1.29, 1.82) is 0 Å². The number of carbonyl (C=O) groups excluding carboxylic acids is 1. The molecule has 0 saturated heterocycles. The van der Waals surface area contributed by atoms with Gasteiger partial charge in [-0.05, 0) is 43.7 Å². The van der Waals surface area contributed by atoms with Crippen LogP contribution in [0.5, 0.6) is 5.75 Å². The lowest BCUT2D eigenvalue weighted by molar-refractivity contribution is -0.139. The maximum Gasteiger partial charge on any atom is 0.319 e. The third-order valence-electron chi connectivity index (χ3n) is 4.20. The van der Waals surface area contributed by atoms with Crippen LogP contribution in [0.25, 0.3) is 0 Å². The monoisotopic (exact) mass is 371 g/mol. The van der Waals surface area contributed by atoms with Gasteiger partial charge >= 0.3 is 12.0 Å². The zero-order valence-corrected chi connectivity index (χ0v) is 14.5. The molecule has 1 aromatic carbocycles. The molecule has 1 aliphatic carbocycles. The van der Waals surface area contributed by atoms with E-state index in [1.807, 2.05) is 11.8 Å². The maximum absolute atomic E-state index is 12.1. The maximum atomic E-state index is 12.1. The number of urea groups is 1. The van der Waals surface area contributed by atoms with Crippen molar-refractivity contribution < 1.29 is 28.2 Å². The number of amides is 2. The number of nitrogens with zero attached hydrogens (tertiary/aromatic N) is 1. The average Bonchev–Trinajstić information content (AvgIpc) is 2.55. The van der Waals surface area contributed by atoms with Crippen LogP contribution in [0.15, 0.2) is 24.3 Å². The summed E-state index contributed by atoms with van der Waals surface area (Å²) in [4.78, 5) is 24.7. The second-order valence-corrected chi connectivity index (χ2v) is 6.10. The summed E-state index contributed by atoms with van der Waals surface area (Å²) in [5.41, 5.74) is 0.517. The van der Waals surface area contributed by atoms with Crippen molar-refractivity contribution in [2.24, 2.45) is 0 Å². The number of rotatable bonds is 9. The van der Waals surface area contributed by atoms with Crippen LogP contribution in [0.2, 0.25) is 0 Å². The highest BCUT2D eigenvalue weighted by Crippen LogP contribution is 2.25. The zero-order valence-electron chi connectivity index (χ0n) is 14.5. The van der Waals surface area contributed by atoms with Gasteiger partial charge in [0.15, 0.2) is 0 Å². The lowest BCUT2D eigenvalue weighted by atomic mass is 9.85. The number of ether oxygens (including phenoxy) is 1. The van der Waals surface area contributed by atoms with E-state index in [0.29, 0.717) is 30.8 Å². The Morgan fingerprint density at radius 3 is 2.50 bits per heavy atom. The van der Waals surface area contributed by atoms with E-state index in [1.165, 1.54) is 12.1 Å². The molecule has 2 rings (SSSR count). The molecule has 1 aliphatic rings. The molecule has 7 nitrogen and oxygen atoms in total. The predicted molar refractivity (Wildman–Crippen MR) is 91.8 cm³/mol. The summed E-state index contributed by atoms with van der Waals surface area (Å²) in [5.74, 6) is -0.557. The van der Waals surface area contributed by atoms with Gasteiger partial charge in [0, 0.05) is 17.8 Å². The first-order valence-electron chi connectivity index (χ1n) is 8.41. The first-order chi connectivity index (χ1) is 12.4. The third-order valence-corrected chi connectivity index (χ3v) is 4.20. The normalized spacial score (nSPS) is 19.1. The first kappa shape index (κ1) is 19.9. The fourth-order valence-corrected chi connectivity index (χ4v) is 2.82. The largest absolute Gasteiger partial charge is 0.488 e. The molecular weight excluding hydrogens is 348 g/mol. The number of nitrogens with one attached hydrogen (secondary N) is 2. The van der Waals surface area contributed by atoms with Gasteiger partial charge in [-0.3, -0.25) is 9.69 Å². The molecule has 2 amide bonds. The molecule has 0 aliphatic heterocycles. The molecule has 1 aromatic rings. The quantitative estimate of drug-likeness (QED) is 0.620. The van der Waals surface area contributed by atoms with E-state index in [1.54, 1.807) is 12.1 Å². The number of anilines is 1. The molecule has 0 unspecified atom stereocenters. The molecule has 9 heteroatoms. The Kier molecular flexibility index (Phi) is 7.14. The van der Waals surface area contributed by atoms with E-state index >= 15 is 0 Å². The van der Waals surface area contributed by atoms with Gasteiger partial charge in [0.1, 0.15) is 12.4 Å². The van der Waals surface area contributed by atoms with E-state index in [4.69, 9.17) is 9.84 Å². The molecule has 3 N–H and O–H groups in total. The van der Waals surface area contributed by atoms with Gasteiger partial charge in [-0.1, -0.05) is 6.92 Å². The van der Waals surface area contributed by atoms with Gasteiger partial charge in [-0.25, -0.2) is 13.6 Å². The van der Waals surface area contributed by atoms with Crippen LogP contribution in [0, 0.1) is 0 Å². The molecule has 0 heterocycles. The van der Waals surface area contributed by atoms with Gasteiger partial charge < -0.3 is 20.5 Å². The summed E-state index contributed by atoms with van der Waals surface area (Å²) in [6.45, 7) is 1.88. The van der Waals surface area contributed by atoms with Crippen molar-refractivity contribution in [2.75, 3.05) is 25.0 Å². The number of benzene rings is 1. The molecule has 0 aromatic heterocycles. The molecule has 0 bridgehead atoms. The van der Waals surface area contributed by atoms with Gasteiger partial charge in [0.25, 0.3) is 6.43 Å². The molecule has 0 spiro atoms. The van der Waals surface area contributed by atoms with Gasteiger partial charge in [-0.15, -0.1) is 0 Å². The van der Waals surface area contributed by atoms with E-state index < -0.39 is 19.0 Å². The SMILES string of the molecule is CCN(CC(=O)O)C1CC(NC(=O)Nc2ccc(OCC(F)F)cc2)C1. The van der Waals surface area contributed by atoms with Crippen molar-refractivity contribution in [3.05, 3.63) is 24.3 Å². The fraction of sp³-hybridized carbons (Fsp3) is 0.529. The second kappa shape index (κ2) is 9.33. The highest BCUT2D eigenvalue weighted by molar-refractivity contribution is 5.89. The van der Waals surface area contributed by atoms with Crippen molar-refractivity contribution in [3.63, 3.8) is 0 Å². The fourth-order valence-electron chi connectivity index (χ4n) is 2.82.